The van der Waals surface area contributed by atoms with E-state index in [0.717, 1.165) is 25.9 Å². The molecule has 1 fully saturated rings. The van der Waals surface area contributed by atoms with Crippen LogP contribution in [0.5, 0.6) is 0 Å². The summed E-state index contributed by atoms with van der Waals surface area (Å²) in [5.74, 6) is -0.0525. The first-order chi connectivity index (χ1) is 10.6. The highest BCUT2D eigenvalue weighted by atomic mass is 32.2. The molecule has 1 saturated heterocycles. The zero-order valence-corrected chi connectivity index (χ0v) is 15.1. The van der Waals surface area contributed by atoms with E-state index in [-0.39, 0.29) is 16.7 Å². The molecule has 1 heterocycles. The van der Waals surface area contributed by atoms with Crippen LogP contribution in [0.1, 0.15) is 32.3 Å². The number of piperidine rings is 1. The van der Waals surface area contributed by atoms with Gasteiger partial charge < -0.3 is 10.2 Å². The van der Waals surface area contributed by atoms with Gasteiger partial charge in [-0.15, -0.1) is 0 Å². The lowest BCUT2D eigenvalue weighted by Crippen LogP contribution is -2.48. The molecule has 1 aromatic carbocycles. The van der Waals surface area contributed by atoms with Gasteiger partial charge in [0.05, 0.1) is 16.4 Å². The van der Waals surface area contributed by atoms with Gasteiger partial charge in [0.1, 0.15) is 0 Å². The second kappa shape index (κ2) is 6.61. The number of likely N-dealkylation sites (tertiary alicyclic amines) is 1. The lowest BCUT2D eigenvalue weighted by Gasteiger charge is -2.34. The number of hydrogen-bond donors (Lipinski definition) is 1. The first-order valence-corrected chi connectivity index (χ1v) is 9.80. The number of sulfone groups is 1. The van der Waals surface area contributed by atoms with E-state index >= 15 is 0 Å². The Labute approximate surface area is 139 Å². The molecule has 1 atom stereocenters. The summed E-state index contributed by atoms with van der Waals surface area (Å²) in [4.78, 5) is 15.0. The van der Waals surface area contributed by atoms with Gasteiger partial charge in [-0.1, -0.05) is 18.2 Å². The van der Waals surface area contributed by atoms with Crippen LogP contribution < -0.4 is 5.32 Å². The molecule has 1 aromatic rings. The third-order valence-electron chi connectivity index (χ3n) is 4.39. The maximum atomic E-state index is 12.6. The summed E-state index contributed by atoms with van der Waals surface area (Å²) < 4.78 is 24.0. The molecular weight excluding hydrogens is 312 g/mol. The third kappa shape index (κ3) is 4.32. The van der Waals surface area contributed by atoms with Crippen molar-refractivity contribution in [3.63, 3.8) is 0 Å². The molecule has 2 rings (SSSR count). The van der Waals surface area contributed by atoms with E-state index < -0.39 is 15.4 Å². The highest BCUT2D eigenvalue weighted by Crippen LogP contribution is 2.28. The number of carbonyl (C=O) groups excluding carboxylic acids is 1. The summed E-state index contributed by atoms with van der Waals surface area (Å²) in [5.41, 5.74) is -0.118. The molecule has 1 amide bonds. The molecule has 23 heavy (non-hydrogen) atoms. The van der Waals surface area contributed by atoms with Crippen molar-refractivity contribution in [1.29, 1.82) is 0 Å². The predicted molar refractivity (Wildman–Crippen MR) is 90.9 cm³/mol. The number of benzene rings is 1. The first-order valence-electron chi connectivity index (χ1n) is 7.91. The largest absolute Gasteiger partial charge is 0.347 e. The summed E-state index contributed by atoms with van der Waals surface area (Å²) >= 11 is 0. The van der Waals surface area contributed by atoms with E-state index in [1.54, 1.807) is 24.3 Å². The van der Waals surface area contributed by atoms with Gasteiger partial charge in [0.15, 0.2) is 9.84 Å². The Morgan fingerprint density at radius 3 is 2.57 bits per heavy atom. The number of rotatable bonds is 4. The van der Waals surface area contributed by atoms with Crippen LogP contribution in [0, 0.1) is 5.92 Å². The quantitative estimate of drug-likeness (QED) is 0.909. The molecule has 0 spiro atoms. The van der Waals surface area contributed by atoms with Crippen LogP contribution in [0.4, 0.5) is 0 Å². The Morgan fingerprint density at radius 1 is 1.30 bits per heavy atom. The van der Waals surface area contributed by atoms with Crippen molar-refractivity contribution in [2.75, 3.05) is 26.4 Å². The Morgan fingerprint density at radius 2 is 1.96 bits per heavy atom. The average molecular weight is 338 g/mol. The molecule has 0 aliphatic carbocycles. The molecular formula is C17H26N2O3S. The minimum Gasteiger partial charge on any atom is -0.347 e. The zero-order valence-electron chi connectivity index (χ0n) is 14.3. The number of amides is 1. The molecule has 1 N–H and O–H groups in total. The summed E-state index contributed by atoms with van der Waals surface area (Å²) in [6, 6.07) is 6.86. The minimum atomic E-state index is -3.35. The van der Waals surface area contributed by atoms with Crippen LogP contribution in [0.15, 0.2) is 29.2 Å². The van der Waals surface area contributed by atoms with Crippen LogP contribution in [0.25, 0.3) is 0 Å². The van der Waals surface area contributed by atoms with Gasteiger partial charge in [-0.2, -0.15) is 0 Å². The van der Waals surface area contributed by atoms with Crippen molar-refractivity contribution in [1.82, 2.24) is 10.2 Å². The van der Waals surface area contributed by atoms with Gasteiger partial charge in [0.2, 0.25) is 5.91 Å². The second-order valence-corrected chi connectivity index (χ2v) is 8.97. The molecule has 0 unspecified atom stereocenters. The first kappa shape index (κ1) is 17.9. The van der Waals surface area contributed by atoms with Gasteiger partial charge in [-0.3, -0.25) is 4.79 Å². The summed E-state index contributed by atoms with van der Waals surface area (Å²) in [6.45, 7) is 5.46. The maximum Gasteiger partial charge on any atom is 0.225 e. The van der Waals surface area contributed by atoms with Crippen LogP contribution in [-0.4, -0.2) is 45.6 Å². The number of nitrogens with zero attached hydrogens (tertiary/aromatic N) is 1. The zero-order chi connectivity index (χ0) is 17.3. The Balaban J connectivity index is 2.24. The van der Waals surface area contributed by atoms with E-state index in [2.05, 4.69) is 10.2 Å². The normalized spacial score (nSPS) is 20.3. The predicted octanol–water partition coefficient (Wildman–Crippen LogP) is 1.78. The molecule has 0 bridgehead atoms. The third-order valence-corrected chi connectivity index (χ3v) is 5.55. The molecule has 1 aliphatic rings. The van der Waals surface area contributed by atoms with Gasteiger partial charge in [-0.25, -0.2) is 8.42 Å². The molecule has 0 radical (unpaired) electrons. The Kier molecular flexibility index (Phi) is 5.16. The molecule has 0 saturated carbocycles. The van der Waals surface area contributed by atoms with Crippen molar-refractivity contribution < 1.29 is 13.2 Å². The van der Waals surface area contributed by atoms with Gasteiger partial charge in [0, 0.05) is 12.8 Å². The molecule has 0 aromatic heterocycles. The van der Waals surface area contributed by atoms with Crippen molar-refractivity contribution in [2.45, 2.75) is 37.1 Å². The minimum absolute atomic E-state index is 0.00939. The Bertz CT molecular complexity index is 683. The monoisotopic (exact) mass is 338 g/mol. The van der Waals surface area contributed by atoms with Crippen LogP contribution in [0.3, 0.4) is 0 Å². The van der Waals surface area contributed by atoms with Crippen LogP contribution in [-0.2, 0) is 20.2 Å². The fourth-order valence-corrected chi connectivity index (χ4v) is 4.21. The Hall–Kier alpha value is -1.40. The van der Waals surface area contributed by atoms with Crippen molar-refractivity contribution in [2.24, 2.45) is 5.92 Å². The van der Waals surface area contributed by atoms with Crippen molar-refractivity contribution in [3.05, 3.63) is 29.8 Å². The standard InChI is InChI=1S/C17H26N2O3S/c1-17(2,14-9-5-6-10-15(14)23(4,21)22)18-16(20)13-8-7-11-19(3)12-13/h5-6,9-10,13H,7-8,11-12H2,1-4H3,(H,18,20)/t13-/m0/s1. The number of nitrogens with one attached hydrogen (secondary N) is 1. The summed E-state index contributed by atoms with van der Waals surface area (Å²) in [5, 5.41) is 3.05. The van der Waals surface area contributed by atoms with E-state index in [1.165, 1.54) is 6.26 Å². The van der Waals surface area contributed by atoms with Crippen molar-refractivity contribution in [3.8, 4) is 0 Å². The SMILES string of the molecule is CN1CCC[C@H](C(=O)NC(C)(C)c2ccccc2S(C)(=O)=O)C1. The molecule has 128 valence electrons. The highest BCUT2D eigenvalue weighted by molar-refractivity contribution is 7.90. The number of hydrogen-bond acceptors (Lipinski definition) is 4. The molecule has 5 nitrogen and oxygen atoms in total. The lowest BCUT2D eigenvalue weighted by molar-refractivity contribution is -0.128. The second-order valence-electron chi connectivity index (χ2n) is 6.98. The van der Waals surface area contributed by atoms with Gasteiger partial charge in [0.25, 0.3) is 0 Å². The lowest BCUT2D eigenvalue weighted by atomic mass is 9.91. The van der Waals surface area contributed by atoms with E-state index in [9.17, 15) is 13.2 Å². The van der Waals surface area contributed by atoms with Crippen LogP contribution >= 0.6 is 0 Å². The molecule has 1 aliphatic heterocycles. The van der Waals surface area contributed by atoms with E-state index in [1.807, 2.05) is 20.9 Å². The average Bonchev–Trinajstić information content (AvgIpc) is 2.46. The van der Waals surface area contributed by atoms with Crippen LogP contribution in [0.2, 0.25) is 0 Å². The van der Waals surface area contributed by atoms with Gasteiger partial charge in [-0.05, 0) is 51.9 Å². The molecule has 6 heteroatoms. The number of carbonyl (C=O) groups is 1. The summed E-state index contributed by atoms with van der Waals surface area (Å²) in [7, 11) is -1.33. The smallest absolute Gasteiger partial charge is 0.225 e. The van der Waals surface area contributed by atoms with Crippen molar-refractivity contribution >= 4 is 15.7 Å². The maximum absolute atomic E-state index is 12.6. The fraction of sp³-hybridized carbons (Fsp3) is 0.588. The van der Waals surface area contributed by atoms with Gasteiger partial charge >= 0.3 is 0 Å². The summed E-state index contributed by atoms with van der Waals surface area (Å²) in [6.07, 6.45) is 3.08. The fourth-order valence-electron chi connectivity index (χ4n) is 3.16. The van der Waals surface area contributed by atoms with E-state index in [0.29, 0.717) is 5.56 Å². The van der Waals surface area contributed by atoms with E-state index in [4.69, 9.17) is 0 Å². The topological polar surface area (TPSA) is 66.5 Å². The highest BCUT2D eigenvalue weighted by Gasteiger charge is 2.32.